The molecule has 1 heterocycles. The van der Waals surface area contributed by atoms with Gasteiger partial charge in [-0.05, 0) is 69.3 Å². The number of para-hydroxylation sites is 1. The van der Waals surface area contributed by atoms with Crippen molar-refractivity contribution in [2.24, 2.45) is 0 Å². The average molecular weight is 660 g/mol. The summed E-state index contributed by atoms with van der Waals surface area (Å²) < 4.78 is 2.65. The molecule has 2 heteroatoms. The van der Waals surface area contributed by atoms with Crippen LogP contribution >= 0.6 is 11.3 Å². The zero-order chi connectivity index (χ0) is 33.8. The van der Waals surface area contributed by atoms with E-state index in [0.29, 0.717) is 0 Å². The Morgan fingerprint density at radius 1 is 0.420 bits per heavy atom. The molecule has 0 fully saturated rings. The van der Waals surface area contributed by atoms with Gasteiger partial charge in [-0.3, -0.25) is 0 Å². The molecule has 0 bridgehead atoms. The second-order valence-corrected chi connectivity index (χ2v) is 16.0. The summed E-state index contributed by atoms with van der Waals surface area (Å²) in [6.45, 7) is 9.50. The molecule has 8 aromatic rings. The number of hydrogen-bond acceptors (Lipinski definition) is 2. The molecule has 0 saturated heterocycles. The Morgan fingerprint density at radius 2 is 0.980 bits per heavy atom. The van der Waals surface area contributed by atoms with E-state index < -0.39 is 0 Å². The standard InChI is InChI=1S/C48H37NS/c1-47(2)39-22-10-6-18-37(39)45-40(47)23-14-25-43(45)49(30-27-28-32-31-15-5-9-21-38(31)48(3,4)41(32)29-30)42-24-11-7-16-33(42)35-19-13-20-36-34-17-8-12-26-44(34)50-46(35)36/h5-29H,1-4H3. The molecule has 2 aliphatic carbocycles. The fraction of sp³-hybridized carbons (Fsp3) is 0.125. The summed E-state index contributed by atoms with van der Waals surface area (Å²) in [6, 6.07) is 56.7. The van der Waals surface area contributed by atoms with Crippen molar-refractivity contribution in [3.63, 3.8) is 0 Å². The molecule has 0 amide bonds. The van der Waals surface area contributed by atoms with Crippen LogP contribution in [-0.4, -0.2) is 0 Å². The average Bonchev–Trinajstić information content (AvgIpc) is 3.72. The summed E-state index contributed by atoms with van der Waals surface area (Å²) in [7, 11) is 0. The smallest absolute Gasteiger partial charge is 0.0543 e. The van der Waals surface area contributed by atoms with Crippen LogP contribution in [0.15, 0.2) is 152 Å². The second kappa shape index (κ2) is 10.5. The molecule has 0 spiro atoms. The van der Waals surface area contributed by atoms with E-state index in [4.69, 9.17) is 0 Å². The Labute approximate surface area is 298 Å². The predicted molar refractivity (Wildman–Crippen MR) is 215 cm³/mol. The van der Waals surface area contributed by atoms with E-state index in [-0.39, 0.29) is 10.8 Å². The molecule has 0 atom stereocenters. The van der Waals surface area contributed by atoms with Crippen LogP contribution in [0.1, 0.15) is 49.9 Å². The van der Waals surface area contributed by atoms with Crippen LogP contribution in [0.3, 0.4) is 0 Å². The molecule has 0 aliphatic heterocycles. The first-order valence-corrected chi connectivity index (χ1v) is 18.4. The van der Waals surface area contributed by atoms with Crippen LogP contribution in [-0.2, 0) is 10.8 Å². The van der Waals surface area contributed by atoms with E-state index in [1.807, 2.05) is 11.3 Å². The third kappa shape index (κ3) is 4.00. The number of fused-ring (bicyclic) bond motifs is 9. The second-order valence-electron chi connectivity index (χ2n) is 14.9. The first kappa shape index (κ1) is 29.5. The van der Waals surface area contributed by atoms with E-state index >= 15 is 0 Å². The lowest BCUT2D eigenvalue weighted by atomic mass is 9.82. The molecular weight excluding hydrogens is 623 g/mol. The van der Waals surface area contributed by atoms with Crippen molar-refractivity contribution in [2.75, 3.05) is 4.90 Å². The van der Waals surface area contributed by atoms with Crippen molar-refractivity contribution in [3.8, 4) is 33.4 Å². The van der Waals surface area contributed by atoms with Gasteiger partial charge in [0.1, 0.15) is 0 Å². The molecule has 1 aromatic heterocycles. The quantitative estimate of drug-likeness (QED) is 0.182. The summed E-state index contributed by atoms with van der Waals surface area (Å²) in [5.41, 5.74) is 16.7. The lowest BCUT2D eigenvalue weighted by molar-refractivity contribution is 0.660. The Bertz CT molecular complexity index is 2670. The highest BCUT2D eigenvalue weighted by atomic mass is 32.1. The Balaban J connectivity index is 1.27. The maximum atomic E-state index is 2.55. The van der Waals surface area contributed by atoms with Crippen molar-refractivity contribution in [2.45, 2.75) is 38.5 Å². The summed E-state index contributed by atoms with van der Waals surface area (Å²) in [5, 5.41) is 2.64. The number of anilines is 3. The van der Waals surface area contributed by atoms with Crippen LogP contribution in [0, 0.1) is 0 Å². The van der Waals surface area contributed by atoms with Gasteiger partial charge in [0.2, 0.25) is 0 Å². The topological polar surface area (TPSA) is 3.24 Å². The predicted octanol–water partition coefficient (Wildman–Crippen LogP) is 13.8. The number of hydrogen-bond donors (Lipinski definition) is 0. The Kier molecular flexibility index (Phi) is 6.21. The lowest BCUT2D eigenvalue weighted by Gasteiger charge is -2.32. The molecule has 7 aromatic carbocycles. The van der Waals surface area contributed by atoms with Gasteiger partial charge in [-0.15, -0.1) is 11.3 Å². The zero-order valence-electron chi connectivity index (χ0n) is 28.8. The number of benzene rings is 7. The molecule has 50 heavy (non-hydrogen) atoms. The first-order chi connectivity index (χ1) is 24.3. The molecular formula is C48H37NS. The van der Waals surface area contributed by atoms with E-state index in [9.17, 15) is 0 Å². The van der Waals surface area contributed by atoms with Crippen LogP contribution in [0.25, 0.3) is 53.6 Å². The van der Waals surface area contributed by atoms with E-state index in [1.165, 1.54) is 92.9 Å². The van der Waals surface area contributed by atoms with Crippen molar-refractivity contribution >= 4 is 48.6 Å². The molecule has 0 radical (unpaired) electrons. The highest BCUT2D eigenvalue weighted by Gasteiger charge is 2.39. The lowest BCUT2D eigenvalue weighted by Crippen LogP contribution is -2.18. The minimum absolute atomic E-state index is 0.0998. The van der Waals surface area contributed by atoms with Gasteiger partial charge in [-0.25, -0.2) is 0 Å². The van der Waals surface area contributed by atoms with Crippen molar-refractivity contribution in [3.05, 3.63) is 174 Å². The van der Waals surface area contributed by atoms with E-state index in [0.717, 1.165) is 0 Å². The molecule has 0 N–H and O–H groups in total. The third-order valence-electron chi connectivity index (χ3n) is 11.5. The van der Waals surface area contributed by atoms with Crippen LogP contribution in [0.4, 0.5) is 17.1 Å². The monoisotopic (exact) mass is 659 g/mol. The van der Waals surface area contributed by atoms with Crippen LogP contribution in [0.2, 0.25) is 0 Å². The molecule has 2 aliphatic rings. The summed E-state index contributed by atoms with van der Waals surface area (Å²) in [4.78, 5) is 2.55. The number of rotatable bonds is 4. The maximum Gasteiger partial charge on any atom is 0.0543 e. The largest absolute Gasteiger partial charge is 0.309 e. The van der Waals surface area contributed by atoms with Crippen LogP contribution < -0.4 is 4.90 Å². The highest BCUT2D eigenvalue weighted by Crippen LogP contribution is 2.56. The van der Waals surface area contributed by atoms with E-state index in [2.05, 4.69) is 184 Å². The third-order valence-corrected chi connectivity index (χ3v) is 12.7. The normalized spacial score (nSPS) is 14.7. The van der Waals surface area contributed by atoms with E-state index in [1.54, 1.807) is 0 Å². The van der Waals surface area contributed by atoms with Gasteiger partial charge in [0.05, 0.1) is 11.4 Å². The minimum Gasteiger partial charge on any atom is -0.309 e. The van der Waals surface area contributed by atoms with Crippen molar-refractivity contribution in [1.82, 2.24) is 0 Å². The fourth-order valence-corrected chi connectivity index (χ4v) is 10.2. The summed E-state index contributed by atoms with van der Waals surface area (Å²) >= 11 is 1.90. The van der Waals surface area contributed by atoms with Crippen LogP contribution in [0.5, 0.6) is 0 Å². The first-order valence-electron chi connectivity index (χ1n) is 17.6. The summed E-state index contributed by atoms with van der Waals surface area (Å²) in [6.07, 6.45) is 0. The Hall–Kier alpha value is -5.44. The number of nitrogens with zero attached hydrogens (tertiary/aromatic N) is 1. The summed E-state index contributed by atoms with van der Waals surface area (Å²) in [5.74, 6) is 0. The highest BCUT2D eigenvalue weighted by molar-refractivity contribution is 7.26. The maximum absolute atomic E-state index is 2.55. The zero-order valence-corrected chi connectivity index (χ0v) is 29.6. The van der Waals surface area contributed by atoms with Gasteiger partial charge >= 0.3 is 0 Å². The molecule has 240 valence electrons. The molecule has 0 unspecified atom stereocenters. The molecule has 1 nitrogen and oxygen atoms in total. The minimum atomic E-state index is -0.108. The van der Waals surface area contributed by atoms with Gasteiger partial charge in [0, 0.05) is 53.4 Å². The fourth-order valence-electron chi connectivity index (χ4n) is 9.02. The van der Waals surface area contributed by atoms with Crippen molar-refractivity contribution in [1.29, 1.82) is 0 Å². The van der Waals surface area contributed by atoms with Gasteiger partial charge in [-0.1, -0.05) is 149 Å². The van der Waals surface area contributed by atoms with Gasteiger partial charge in [0.25, 0.3) is 0 Å². The molecule has 0 saturated carbocycles. The Morgan fingerprint density at radius 3 is 1.82 bits per heavy atom. The SMILES string of the molecule is CC1(C)c2ccccc2-c2ccc(N(c3ccccc3-c3cccc4c3sc3ccccc34)c3cccc4c3-c3ccccc3C4(C)C)cc21. The number of thiophene rings is 1. The van der Waals surface area contributed by atoms with Gasteiger partial charge < -0.3 is 4.90 Å². The van der Waals surface area contributed by atoms with Gasteiger partial charge in [-0.2, -0.15) is 0 Å². The molecule has 10 rings (SSSR count). The van der Waals surface area contributed by atoms with Gasteiger partial charge in [0.15, 0.2) is 0 Å². The van der Waals surface area contributed by atoms with Crippen molar-refractivity contribution < 1.29 is 0 Å².